The molecule has 0 spiro atoms. The lowest BCUT2D eigenvalue weighted by Gasteiger charge is -2.12. The average molecular weight is 540 g/mol. The van der Waals surface area contributed by atoms with Crippen LogP contribution in [0.3, 0.4) is 0 Å². The smallest absolute Gasteiger partial charge is 0.231 e. The molecule has 6 rings (SSSR count). The maximum absolute atomic E-state index is 5.49. The van der Waals surface area contributed by atoms with E-state index in [1.807, 2.05) is 61.5 Å². The van der Waals surface area contributed by atoms with E-state index in [-0.39, 0.29) is 13.6 Å². The normalized spacial score (nSPS) is 13.2. The lowest BCUT2D eigenvalue weighted by molar-refractivity contribution is 0.173. The number of hydrogen-bond donors (Lipinski definition) is 3. The third kappa shape index (κ3) is 5.65. The molecule has 3 heterocycles. The molecule has 202 valence electrons. The van der Waals surface area contributed by atoms with Crippen molar-refractivity contribution < 1.29 is 23.7 Å². The fourth-order valence-electron chi connectivity index (χ4n) is 3.99. The first kappa shape index (κ1) is 24.8. The van der Waals surface area contributed by atoms with Crippen LogP contribution in [0.2, 0.25) is 0 Å². The zero-order chi connectivity index (χ0) is 27.3. The van der Waals surface area contributed by atoms with Gasteiger partial charge >= 0.3 is 0 Å². The van der Waals surface area contributed by atoms with Gasteiger partial charge in [0.2, 0.25) is 19.5 Å². The minimum Gasteiger partial charge on any atom is -0.495 e. The summed E-state index contributed by atoms with van der Waals surface area (Å²) in [6.45, 7) is 2.42. The Hall–Kier alpha value is -5.52. The summed E-state index contributed by atoms with van der Waals surface area (Å²) in [5, 5.41) is 11.9. The van der Waals surface area contributed by atoms with E-state index in [1.54, 1.807) is 25.6 Å². The Labute approximate surface area is 229 Å². The van der Waals surface area contributed by atoms with Gasteiger partial charge in [-0.05, 0) is 72.1 Å². The van der Waals surface area contributed by atoms with Gasteiger partial charge in [-0.1, -0.05) is 6.07 Å². The minimum absolute atomic E-state index is 0.212. The standard InChI is InChI=1S/C28H25N7O5/c1-17-3-6-21(36-2)20(9-17)31-28-32-26(34-29-13-18-4-7-22-24(10-18)39-15-37-22)12-27(33-28)35-30-14-19-5-8-23-25(11-19)40-16-38-23/h3-14H,15-16H2,1-2H3,(H3,31,32,33,34,35). The number of hydrazone groups is 2. The summed E-state index contributed by atoms with van der Waals surface area (Å²) in [6.07, 6.45) is 3.32. The lowest BCUT2D eigenvalue weighted by Crippen LogP contribution is -2.05. The largest absolute Gasteiger partial charge is 0.495 e. The number of anilines is 4. The number of aromatic nitrogens is 2. The molecule has 2 aliphatic heterocycles. The van der Waals surface area contributed by atoms with Crippen LogP contribution in [0.5, 0.6) is 28.7 Å². The van der Waals surface area contributed by atoms with Gasteiger partial charge < -0.3 is 29.0 Å². The third-order valence-corrected chi connectivity index (χ3v) is 5.91. The second-order valence-corrected chi connectivity index (χ2v) is 8.76. The van der Waals surface area contributed by atoms with E-state index in [2.05, 4.69) is 36.3 Å². The molecule has 12 nitrogen and oxygen atoms in total. The number of nitrogens with one attached hydrogen (secondary N) is 3. The average Bonchev–Trinajstić information content (AvgIpc) is 3.62. The van der Waals surface area contributed by atoms with Crippen LogP contribution in [0, 0.1) is 6.92 Å². The predicted octanol–water partition coefficient (Wildman–Crippen LogP) is 4.89. The molecule has 0 fully saturated rings. The zero-order valence-electron chi connectivity index (χ0n) is 21.7. The summed E-state index contributed by atoms with van der Waals surface area (Å²) < 4.78 is 27.1. The minimum atomic E-state index is 0.212. The maximum Gasteiger partial charge on any atom is 0.231 e. The first-order chi connectivity index (χ1) is 19.6. The fourth-order valence-corrected chi connectivity index (χ4v) is 3.99. The molecule has 0 amide bonds. The Bertz CT molecular complexity index is 1520. The van der Waals surface area contributed by atoms with Crippen molar-refractivity contribution in [3.05, 3.63) is 77.4 Å². The summed E-state index contributed by atoms with van der Waals surface area (Å²) in [5.74, 6) is 4.61. The molecular formula is C28H25N7O5. The Morgan fingerprint density at radius 1 is 0.725 bits per heavy atom. The molecule has 40 heavy (non-hydrogen) atoms. The van der Waals surface area contributed by atoms with Crippen LogP contribution in [-0.4, -0.2) is 43.1 Å². The predicted molar refractivity (Wildman–Crippen MR) is 151 cm³/mol. The van der Waals surface area contributed by atoms with E-state index in [0.717, 1.165) is 22.4 Å². The molecule has 0 radical (unpaired) electrons. The highest BCUT2D eigenvalue weighted by Crippen LogP contribution is 2.33. The maximum atomic E-state index is 5.49. The summed E-state index contributed by atoms with van der Waals surface area (Å²) >= 11 is 0. The summed E-state index contributed by atoms with van der Waals surface area (Å²) in [5.41, 5.74) is 9.35. The van der Waals surface area contributed by atoms with Gasteiger partial charge in [0.1, 0.15) is 5.75 Å². The van der Waals surface area contributed by atoms with E-state index in [9.17, 15) is 0 Å². The van der Waals surface area contributed by atoms with Crippen LogP contribution < -0.4 is 39.9 Å². The SMILES string of the molecule is COc1ccc(C)cc1Nc1nc(NN=Cc2ccc3c(c2)OCO3)cc(NN=Cc2ccc3c(c2)OCO3)n1. The molecule has 0 aliphatic carbocycles. The van der Waals surface area contributed by atoms with Crippen LogP contribution in [0.15, 0.2) is 70.9 Å². The Morgan fingerprint density at radius 2 is 1.30 bits per heavy atom. The van der Waals surface area contributed by atoms with Gasteiger partial charge in [-0.3, -0.25) is 10.9 Å². The van der Waals surface area contributed by atoms with Gasteiger partial charge in [0.25, 0.3) is 0 Å². The molecular weight excluding hydrogens is 514 g/mol. The van der Waals surface area contributed by atoms with Crippen LogP contribution in [0.1, 0.15) is 16.7 Å². The van der Waals surface area contributed by atoms with Gasteiger partial charge in [-0.15, -0.1) is 0 Å². The van der Waals surface area contributed by atoms with Gasteiger partial charge in [-0.2, -0.15) is 20.2 Å². The molecule has 3 N–H and O–H groups in total. The van der Waals surface area contributed by atoms with Crippen LogP contribution >= 0.6 is 0 Å². The van der Waals surface area contributed by atoms with E-state index in [4.69, 9.17) is 23.7 Å². The first-order valence-electron chi connectivity index (χ1n) is 12.3. The third-order valence-electron chi connectivity index (χ3n) is 5.91. The van der Waals surface area contributed by atoms with Crippen LogP contribution in [0.4, 0.5) is 23.3 Å². The summed E-state index contributed by atoms with van der Waals surface area (Å²) in [6, 6.07) is 18.6. The van der Waals surface area contributed by atoms with Crippen LogP contribution in [-0.2, 0) is 0 Å². The second-order valence-electron chi connectivity index (χ2n) is 8.76. The monoisotopic (exact) mass is 539 g/mol. The van der Waals surface area contributed by atoms with Crippen molar-refractivity contribution in [1.29, 1.82) is 0 Å². The molecule has 3 aromatic carbocycles. The number of nitrogens with zero attached hydrogens (tertiary/aromatic N) is 4. The quantitative estimate of drug-likeness (QED) is 0.200. The van der Waals surface area contributed by atoms with Crippen molar-refractivity contribution in [3.8, 4) is 28.7 Å². The van der Waals surface area contributed by atoms with Crippen molar-refractivity contribution >= 4 is 35.7 Å². The molecule has 4 aromatic rings. The van der Waals surface area contributed by atoms with Crippen molar-refractivity contribution in [2.24, 2.45) is 10.2 Å². The highest BCUT2D eigenvalue weighted by atomic mass is 16.7. The number of hydrogen-bond acceptors (Lipinski definition) is 12. The van der Waals surface area contributed by atoms with Crippen LogP contribution in [0.25, 0.3) is 0 Å². The van der Waals surface area contributed by atoms with Crippen molar-refractivity contribution in [2.45, 2.75) is 6.92 Å². The van der Waals surface area contributed by atoms with Gasteiger partial charge in [0.05, 0.1) is 25.2 Å². The fraction of sp³-hybridized carbons (Fsp3) is 0.143. The van der Waals surface area contributed by atoms with Crippen molar-refractivity contribution in [3.63, 3.8) is 0 Å². The molecule has 0 saturated heterocycles. The number of rotatable bonds is 9. The number of ether oxygens (including phenoxy) is 5. The van der Waals surface area contributed by atoms with Gasteiger partial charge in [0, 0.05) is 6.07 Å². The molecule has 12 heteroatoms. The number of benzene rings is 3. The highest BCUT2D eigenvalue weighted by molar-refractivity contribution is 5.82. The Balaban J connectivity index is 1.23. The summed E-state index contributed by atoms with van der Waals surface area (Å²) in [7, 11) is 1.61. The molecule has 0 atom stereocenters. The molecule has 1 aromatic heterocycles. The van der Waals surface area contributed by atoms with Crippen molar-refractivity contribution in [2.75, 3.05) is 36.9 Å². The summed E-state index contributed by atoms with van der Waals surface area (Å²) in [4.78, 5) is 9.12. The second kappa shape index (κ2) is 11.1. The highest BCUT2D eigenvalue weighted by Gasteiger charge is 2.14. The number of methoxy groups -OCH3 is 1. The first-order valence-corrected chi connectivity index (χ1v) is 12.3. The Morgan fingerprint density at radius 3 is 1.88 bits per heavy atom. The molecule has 0 saturated carbocycles. The van der Waals surface area contributed by atoms with E-state index in [0.29, 0.717) is 46.3 Å². The Kier molecular flexibility index (Phi) is 6.86. The number of aryl methyl sites for hydroxylation is 1. The molecule has 0 bridgehead atoms. The number of fused-ring (bicyclic) bond motifs is 2. The zero-order valence-corrected chi connectivity index (χ0v) is 21.7. The topological polar surface area (TPSA) is 133 Å². The van der Waals surface area contributed by atoms with Gasteiger partial charge in [-0.25, -0.2) is 0 Å². The lowest BCUT2D eigenvalue weighted by atomic mass is 10.2. The van der Waals surface area contributed by atoms with E-state index in [1.165, 1.54) is 0 Å². The van der Waals surface area contributed by atoms with Crippen molar-refractivity contribution in [1.82, 2.24) is 9.97 Å². The molecule has 0 unspecified atom stereocenters. The van der Waals surface area contributed by atoms with E-state index < -0.39 is 0 Å². The van der Waals surface area contributed by atoms with Gasteiger partial charge in [0.15, 0.2) is 34.6 Å². The molecule has 2 aliphatic rings. The van der Waals surface area contributed by atoms with E-state index >= 15 is 0 Å².